The van der Waals surface area contributed by atoms with Gasteiger partial charge in [0.2, 0.25) is 0 Å². The summed E-state index contributed by atoms with van der Waals surface area (Å²) in [5.41, 5.74) is 3.74. The molecule has 224 valence electrons. The van der Waals surface area contributed by atoms with Gasteiger partial charge in [0, 0.05) is 12.3 Å². The third kappa shape index (κ3) is 5.63. The number of fused-ring (bicyclic) bond motifs is 3. The highest BCUT2D eigenvalue weighted by atomic mass is 31.2. The molecule has 0 spiro atoms. The number of carbonyl (C=O) groups is 2. The lowest BCUT2D eigenvalue weighted by molar-refractivity contribution is -0.139. The molecule has 4 N–H and O–H groups in total. The van der Waals surface area contributed by atoms with Crippen LogP contribution in [0.5, 0.6) is 0 Å². The molecule has 1 amide bonds. The van der Waals surface area contributed by atoms with Crippen LogP contribution in [0.2, 0.25) is 0 Å². The van der Waals surface area contributed by atoms with Gasteiger partial charge in [-0.2, -0.15) is 0 Å². The summed E-state index contributed by atoms with van der Waals surface area (Å²) < 4.78 is 18.6. The van der Waals surface area contributed by atoms with Gasteiger partial charge in [0.05, 0.1) is 0 Å². The first-order valence-electron chi connectivity index (χ1n) is 14.0. The zero-order chi connectivity index (χ0) is 31.1. The number of benzene rings is 3. The molecule has 9 heteroatoms. The minimum absolute atomic E-state index is 0.0340. The van der Waals surface area contributed by atoms with Crippen molar-refractivity contribution < 1.29 is 33.8 Å². The number of nitrogens with one attached hydrogen (secondary N) is 1. The van der Waals surface area contributed by atoms with Gasteiger partial charge in [0.1, 0.15) is 17.8 Å². The molecule has 1 atom stereocenters. The standard InChI is InChI=1S/C33H40NO7P/c1-31(2,3)33(32(4,5)6,42(38,39)40)22-17-15-21(16-18-22)19-28(29(35)36)34-30(37)41-20-27-25-13-9-7-11-23(25)24-12-8-10-14-26(24)27/h7-18,27-28H,19-20H2,1-6H3,(H,34,37)(H,35,36)(H2,38,39,40). The normalized spacial score (nSPS) is 14.6. The van der Waals surface area contributed by atoms with E-state index in [0.717, 1.165) is 22.3 Å². The van der Waals surface area contributed by atoms with Crippen LogP contribution in [0, 0.1) is 10.8 Å². The summed E-state index contributed by atoms with van der Waals surface area (Å²) in [5.74, 6) is -1.37. The minimum atomic E-state index is -4.67. The Balaban J connectivity index is 1.49. The van der Waals surface area contributed by atoms with E-state index in [-0.39, 0.29) is 18.9 Å². The fraction of sp³-hybridized carbons (Fsp3) is 0.394. The molecular weight excluding hydrogens is 553 g/mol. The maximum Gasteiger partial charge on any atom is 0.407 e. The van der Waals surface area contributed by atoms with Crippen molar-refractivity contribution in [3.63, 3.8) is 0 Å². The largest absolute Gasteiger partial charge is 0.480 e. The highest BCUT2D eigenvalue weighted by Gasteiger charge is 2.62. The zero-order valence-corrected chi connectivity index (χ0v) is 25.8. The van der Waals surface area contributed by atoms with E-state index in [0.29, 0.717) is 11.1 Å². The quantitative estimate of drug-likeness (QED) is 0.214. The number of carbonyl (C=O) groups excluding carboxylic acids is 1. The highest BCUT2D eigenvalue weighted by molar-refractivity contribution is 7.53. The van der Waals surface area contributed by atoms with Gasteiger partial charge in [-0.25, -0.2) is 9.59 Å². The molecule has 0 bridgehead atoms. The van der Waals surface area contributed by atoms with Gasteiger partial charge in [0.15, 0.2) is 0 Å². The predicted octanol–water partition coefficient (Wildman–Crippen LogP) is 6.69. The van der Waals surface area contributed by atoms with Crippen molar-refractivity contribution in [2.75, 3.05) is 6.61 Å². The highest BCUT2D eigenvalue weighted by Crippen LogP contribution is 2.72. The molecule has 4 rings (SSSR count). The molecule has 0 fully saturated rings. The van der Waals surface area contributed by atoms with Crippen LogP contribution in [-0.4, -0.2) is 39.6 Å². The Labute approximate surface area is 247 Å². The first-order chi connectivity index (χ1) is 19.5. The van der Waals surface area contributed by atoms with Gasteiger partial charge in [-0.3, -0.25) is 4.57 Å². The monoisotopic (exact) mass is 593 g/mol. The predicted molar refractivity (Wildman–Crippen MR) is 162 cm³/mol. The number of alkyl carbamates (subject to hydrolysis) is 1. The third-order valence-corrected chi connectivity index (χ3v) is 10.8. The van der Waals surface area contributed by atoms with E-state index in [1.807, 2.05) is 90.1 Å². The molecule has 1 aliphatic carbocycles. The van der Waals surface area contributed by atoms with Crippen molar-refractivity contribution >= 4 is 19.7 Å². The molecule has 0 heterocycles. The maximum atomic E-state index is 13.1. The number of ether oxygens (including phenoxy) is 1. The second-order valence-corrected chi connectivity index (χ2v) is 14.8. The molecule has 0 saturated carbocycles. The number of hydrogen-bond acceptors (Lipinski definition) is 4. The molecule has 0 radical (unpaired) electrons. The van der Waals surface area contributed by atoms with Crippen LogP contribution >= 0.6 is 7.60 Å². The molecule has 0 aliphatic heterocycles. The summed E-state index contributed by atoms with van der Waals surface area (Å²) in [5, 5.41) is 10.8. The second-order valence-electron chi connectivity index (χ2n) is 13.0. The van der Waals surface area contributed by atoms with Crippen LogP contribution in [-0.2, 0) is 25.7 Å². The lowest BCUT2D eigenvalue weighted by Crippen LogP contribution is -2.50. The average Bonchev–Trinajstić information content (AvgIpc) is 3.19. The molecule has 8 nitrogen and oxygen atoms in total. The molecule has 1 aliphatic rings. The van der Waals surface area contributed by atoms with Crippen molar-refractivity contribution in [2.45, 2.75) is 65.1 Å². The van der Waals surface area contributed by atoms with E-state index >= 15 is 0 Å². The van der Waals surface area contributed by atoms with Gasteiger partial charge in [-0.15, -0.1) is 0 Å². The van der Waals surface area contributed by atoms with E-state index in [1.54, 1.807) is 24.3 Å². The van der Waals surface area contributed by atoms with Crippen LogP contribution in [0.15, 0.2) is 72.8 Å². The van der Waals surface area contributed by atoms with Crippen LogP contribution < -0.4 is 5.32 Å². The van der Waals surface area contributed by atoms with Gasteiger partial charge in [-0.05, 0) is 44.2 Å². The number of amides is 1. The number of rotatable bonds is 8. The van der Waals surface area contributed by atoms with Crippen molar-refractivity contribution in [3.05, 3.63) is 95.1 Å². The van der Waals surface area contributed by atoms with E-state index in [2.05, 4.69) is 5.32 Å². The molecule has 3 aromatic carbocycles. The smallest absolute Gasteiger partial charge is 0.407 e. The first-order valence-corrected chi connectivity index (χ1v) is 15.6. The molecular formula is C33H40NO7P. The van der Waals surface area contributed by atoms with Crippen LogP contribution in [0.1, 0.15) is 69.7 Å². The Hall–Kier alpha value is -3.45. The van der Waals surface area contributed by atoms with Gasteiger partial charge in [-0.1, -0.05) is 114 Å². The zero-order valence-electron chi connectivity index (χ0n) is 24.9. The number of carboxylic acids is 1. The van der Waals surface area contributed by atoms with E-state index in [1.165, 1.54) is 0 Å². The molecule has 1 unspecified atom stereocenters. The summed E-state index contributed by atoms with van der Waals surface area (Å²) in [6, 6.07) is 21.3. The number of hydrogen-bond donors (Lipinski definition) is 4. The summed E-state index contributed by atoms with van der Waals surface area (Å²) in [6.07, 6.45) is -0.866. The van der Waals surface area contributed by atoms with E-state index in [9.17, 15) is 29.0 Å². The summed E-state index contributed by atoms with van der Waals surface area (Å²) in [7, 11) is -4.67. The van der Waals surface area contributed by atoms with E-state index in [4.69, 9.17) is 4.74 Å². The maximum absolute atomic E-state index is 13.1. The fourth-order valence-electron chi connectivity index (χ4n) is 7.13. The Kier molecular flexibility index (Phi) is 8.49. The second kappa shape index (κ2) is 11.3. The topological polar surface area (TPSA) is 133 Å². The van der Waals surface area contributed by atoms with Crippen LogP contribution in [0.3, 0.4) is 0 Å². The van der Waals surface area contributed by atoms with E-state index < -0.39 is 41.7 Å². The Morgan fingerprint density at radius 3 is 1.74 bits per heavy atom. The van der Waals surface area contributed by atoms with Crippen LogP contribution in [0.25, 0.3) is 11.1 Å². The number of carboxylic acid groups (broad SMARTS) is 1. The molecule has 0 saturated heterocycles. The molecule has 0 aromatic heterocycles. The lowest BCUT2D eigenvalue weighted by Gasteiger charge is -2.53. The van der Waals surface area contributed by atoms with Gasteiger partial charge in [0.25, 0.3) is 0 Å². The summed E-state index contributed by atoms with van der Waals surface area (Å²) >= 11 is 0. The fourth-order valence-corrected chi connectivity index (χ4v) is 9.37. The molecule has 3 aromatic rings. The van der Waals surface area contributed by atoms with Gasteiger partial charge >= 0.3 is 19.7 Å². The van der Waals surface area contributed by atoms with Crippen molar-refractivity contribution in [3.8, 4) is 11.1 Å². The van der Waals surface area contributed by atoms with Crippen molar-refractivity contribution in [1.29, 1.82) is 0 Å². The SMILES string of the molecule is CC(C)(C)C(c1ccc(CC(NC(=O)OCC2c3ccccc3-c3ccccc32)C(=O)O)cc1)(C(C)(C)C)P(=O)(O)O. The lowest BCUT2D eigenvalue weighted by atomic mass is 9.62. The Bertz CT molecular complexity index is 1450. The summed E-state index contributed by atoms with van der Waals surface area (Å²) in [6.45, 7) is 10.9. The summed E-state index contributed by atoms with van der Waals surface area (Å²) in [4.78, 5) is 46.1. The Morgan fingerprint density at radius 2 is 1.31 bits per heavy atom. The first kappa shape index (κ1) is 31.5. The van der Waals surface area contributed by atoms with Gasteiger partial charge < -0.3 is 24.9 Å². The van der Waals surface area contributed by atoms with Crippen molar-refractivity contribution in [2.24, 2.45) is 10.8 Å². The average molecular weight is 594 g/mol. The van der Waals surface area contributed by atoms with Crippen LogP contribution in [0.4, 0.5) is 4.79 Å². The molecule has 42 heavy (non-hydrogen) atoms. The third-order valence-electron chi connectivity index (χ3n) is 8.35. The number of aliphatic carboxylic acids is 1. The van der Waals surface area contributed by atoms with Crippen molar-refractivity contribution in [1.82, 2.24) is 5.32 Å². The minimum Gasteiger partial charge on any atom is -0.480 e. The Morgan fingerprint density at radius 1 is 0.833 bits per heavy atom.